The van der Waals surface area contributed by atoms with Gasteiger partial charge in [-0.2, -0.15) is 0 Å². The van der Waals surface area contributed by atoms with Crippen LogP contribution in [0.5, 0.6) is 0 Å². The van der Waals surface area contributed by atoms with Gasteiger partial charge in [0.25, 0.3) is 0 Å². The normalized spacial score (nSPS) is 30.0. The zero-order chi connectivity index (χ0) is 83.4. The summed E-state index contributed by atoms with van der Waals surface area (Å²) in [5.74, 6) is 2.00. The van der Waals surface area contributed by atoms with Gasteiger partial charge in [-0.15, -0.1) is 0 Å². The zero-order valence-corrected chi connectivity index (χ0v) is 74.7. The van der Waals surface area contributed by atoms with E-state index in [4.69, 9.17) is 9.47 Å². The summed E-state index contributed by atoms with van der Waals surface area (Å²) in [7, 11) is 17.1. The van der Waals surface area contributed by atoms with Crippen molar-refractivity contribution in [2.75, 3.05) is 174 Å². The number of hydrogen-bond acceptors (Lipinski definition) is 19. The molecule has 0 N–H and O–H groups in total. The van der Waals surface area contributed by atoms with Crippen LogP contribution in [0, 0.1) is 0 Å². The monoisotopic (exact) mass is 1620 g/mol. The number of rotatable bonds is 10. The van der Waals surface area contributed by atoms with Crippen LogP contribution in [-0.4, -0.2) is 396 Å². The largest absolute Gasteiger partial charge is 0.447 e. The first-order valence-electron chi connectivity index (χ1n) is 45.7. The number of piperidine rings is 8. The Bertz CT molecular complexity index is 2810. The predicted octanol–water partition coefficient (Wildman–Crippen LogP) is 8.70. The summed E-state index contributed by atoms with van der Waals surface area (Å²) >= 11 is 0. The van der Waals surface area contributed by atoms with Crippen molar-refractivity contribution in [2.24, 2.45) is 0 Å². The van der Waals surface area contributed by atoms with E-state index < -0.39 is 0 Å². The molecule has 16 rings (SSSR count). The van der Waals surface area contributed by atoms with Gasteiger partial charge >= 0.3 is 12.2 Å². The number of ether oxygens (including phenoxy) is 2. The minimum atomic E-state index is -0.118. The molecule has 0 aliphatic carbocycles. The maximum Gasteiger partial charge on any atom is 0.410 e. The lowest BCUT2D eigenvalue weighted by Gasteiger charge is -2.42. The van der Waals surface area contributed by atoms with E-state index in [1.54, 1.807) is 0 Å². The molecule has 16 heterocycles. The average Bonchev–Trinajstić information content (AvgIpc) is 1.63. The van der Waals surface area contributed by atoms with Crippen LogP contribution in [0.2, 0.25) is 0 Å². The van der Waals surface area contributed by atoms with Gasteiger partial charge in [0.2, 0.25) is 41.4 Å². The van der Waals surface area contributed by atoms with Gasteiger partial charge in [-0.05, 0) is 350 Å². The van der Waals surface area contributed by atoms with Crippen molar-refractivity contribution in [3.63, 3.8) is 0 Å². The summed E-state index contributed by atoms with van der Waals surface area (Å²) in [4.78, 5) is 140. The standard InChI is InChI=1S/3C12H22N2O.2C11H20N2O.2C10H18N2O2.C10H16N2O2/c1-12(2)7-4-11(15)14(12)10-5-8-13(3)9-6-10;2*1-3-10-4-5-12(15)14(10)11-6-8-13(2)9-7-11;2*1-9-3-4-11(14)13(9)10-5-7-12(2)8-6-10;2*1-8-7-14-10(13)12(8)9-3-5-11(2)6-4-9;1-11-6-4-8(5-7-11)12-9(13)2-3-10(12)14/h10H,4-9H2,1-3H3;2*10-11H,3-9H2,1-2H3;2*9-10H,3-8H2,1-2H3;2*8-9H,3-7H2,1-2H3;8H,2-7H2,1H3/t;2*10-;2*9-;2*8-;/m.101010./s1. The first-order valence-corrected chi connectivity index (χ1v) is 45.7. The van der Waals surface area contributed by atoms with Crippen LogP contribution < -0.4 is 0 Å². The van der Waals surface area contributed by atoms with Crippen molar-refractivity contribution in [3.05, 3.63) is 0 Å². The predicted molar refractivity (Wildman–Crippen MR) is 452 cm³/mol. The molecular formula is C88H158N16O11. The summed E-state index contributed by atoms with van der Waals surface area (Å²) in [6.07, 6.45) is 29.8. The SMILES string of the molecule is CC[C@@H]1CCC(=O)N1C1CCN(C)CC1.CC[C@H]1CCC(=O)N1C1CCN(C)CC1.CN1CCC(N2C(=O)CCC2(C)C)CC1.CN1CCC(N2C(=O)CCC2=O)CC1.C[C@@H]1CCC(=O)N1C1CCN(C)CC1.C[C@@H]1COC(=O)N1C1CCN(C)CC1.C[C@H]1CCC(=O)N1C1CCN(C)CC1.C[C@H]1COC(=O)N1C1CCN(C)CC1. The molecule has 0 aromatic carbocycles. The lowest BCUT2D eigenvalue weighted by Crippen LogP contribution is -2.51. The Hall–Kier alpha value is -5.29. The summed E-state index contributed by atoms with van der Waals surface area (Å²) < 4.78 is 10.1. The zero-order valence-electron chi connectivity index (χ0n) is 74.7. The number of likely N-dealkylation sites (tertiary alicyclic amines) is 14. The van der Waals surface area contributed by atoms with Crippen molar-refractivity contribution < 1.29 is 52.6 Å². The van der Waals surface area contributed by atoms with E-state index in [-0.39, 0.29) is 47.7 Å². The Morgan fingerprint density at radius 2 is 0.513 bits per heavy atom. The van der Waals surface area contributed by atoms with Crippen molar-refractivity contribution >= 4 is 53.5 Å². The molecule has 27 nitrogen and oxygen atoms in total. The van der Waals surface area contributed by atoms with Gasteiger partial charge in [0, 0.05) is 123 Å². The van der Waals surface area contributed by atoms with Gasteiger partial charge in [-0.3, -0.25) is 48.3 Å². The Kier molecular flexibility index (Phi) is 36.5. The fourth-order valence-corrected chi connectivity index (χ4v) is 21.1. The van der Waals surface area contributed by atoms with E-state index in [0.717, 1.165) is 259 Å². The van der Waals surface area contributed by atoms with Crippen molar-refractivity contribution in [2.45, 2.75) is 338 Å². The van der Waals surface area contributed by atoms with E-state index >= 15 is 0 Å². The number of amides is 9. The molecule has 0 radical (unpaired) electrons. The Labute approximate surface area is 693 Å². The molecule has 16 saturated heterocycles. The van der Waals surface area contributed by atoms with E-state index in [2.05, 4.69) is 175 Å². The molecule has 16 aliphatic rings. The fraction of sp³-hybridized carbons (Fsp3) is 0.898. The van der Waals surface area contributed by atoms with Gasteiger partial charge in [0.1, 0.15) is 13.2 Å². The first kappa shape index (κ1) is 93.6. The number of carbonyl (C=O) groups is 9. The van der Waals surface area contributed by atoms with Gasteiger partial charge < -0.3 is 73.2 Å². The second kappa shape index (κ2) is 44.8. The van der Waals surface area contributed by atoms with Gasteiger partial charge in [-0.1, -0.05) is 13.8 Å². The van der Waals surface area contributed by atoms with Crippen LogP contribution in [0.4, 0.5) is 9.59 Å². The molecule has 27 heteroatoms. The number of nitrogens with zero attached hydrogens (tertiary/aromatic N) is 16. The fourth-order valence-electron chi connectivity index (χ4n) is 21.1. The highest BCUT2D eigenvalue weighted by Crippen LogP contribution is 2.36. The third-order valence-corrected chi connectivity index (χ3v) is 28.6. The molecule has 0 spiro atoms. The molecular weight excluding hydrogens is 1460 g/mol. The van der Waals surface area contributed by atoms with Crippen LogP contribution in [0.15, 0.2) is 0 Å². The highest BCUT2D eigenvalue weighted by atomic mass is 16.6. The molecule has 656 valence electrons. The second-order valence-electron chi connectivity index (χ2n) is 37.9. The maximum absolute atomic E-state index is 11.9. The van der Waals surface area contributed by atoms with Crippen LogP contribution in [0.25, 0.3) is 0 Å². The highest BCUT2D eigenvalue weighted by molar-refractivity contribution is 6.02. The van der Waals surface area contributed by atoms with E-state index in [1.165, 1.54) is 30.6 Å². The molecule has 0 aromatic rings. The van der Waals surface area contributed by atoms with Gasteiger partial charge in [0.15, 0.2) is 0 Å². The maximum atomic E-state index is 11.9. The topological polar surface area (TPSA) is 224 Å². The van der Waals surface area contributed by atoms with E-state index in [1.807, 2.05) is 9.80 Å². The molecule has 0 bridgehead atoms. The van der Waals surface area contributed by atoms with Gasteiger partial charge in [0.05, 0.1) is 12.1 Å². The summed E-state index contributed by atoms with van der Waals surface area (Å²) in [6, 6.07) is 6.12. The molecule has 115 heavy (non-hydrogen) atoms. The lowest BCUT2D eigenvalue weighted by atomic mass is 9.96. The lowest BCUT2D eigenvalue weighted by molar-refractivity contribution is -0.142. The molecule has 16 fully saturated rings. The Morgan fingerprint density at radius 3 is 0.748 bits per heavy atom. The third kappa shape index (κ3) is 26.1. The molecule has 0 unspecified atom stereocenters. The van der Waals surface area contributed by atoms with Crippen molar-refractivity contribution in [1.29, 1.82) is 0 Å². The Morgan fingerprint density at radius 1 is 0.270 bits per heavy atom. The van der Waals surface area contributed by atoms with Crippen LogP contribution >= 0.6 is 0 Å². The van der Waals surface area contributed by atoms with Gasteiger partial charge in [-0.25, -0.2) is 9.59 Å². The molecule has 0 saturated carbocycles. The summed E-state index contributed by atoms with van der Waals surface area (Å²) in [6.45, 7) is 36.1. The third-order valence-electron chi connectivity index (χ3n) is 28.6. The molecule has 6 atom stereocenters. The van der Waals surface area contributed by atoms with E-state index in [9.17, 15) is 43.2 Å². The van der Waals surface area contributed by atoms with Crippen LogP contribution in [0.1, 0.15) is 248 Å². The summed E-state index contributed by atoms with van der Waals surface area (Å²) in [5, 5.41) is 0. The molecule has 0 aromatic heterocycles. The van der Waals surface area contributed by atoms with E-state index in [0.29, 0.717) is 122 Å². The molecule has 9 amide bonds. The highest BCUT2D eigenvalue weighted by Gasteiger charge is 2.45. The number of imide groups is 1. The summed E-state index contributed by atoms with van der Waals surface area (Å²) in [5.41, 5.74) is 0.0949. The van der Waals surface area contributed by atoms with Crippen molar-refractivity contribution in [1.82, 2.24) is 78.4 Å². The Balaban J connectivity index is 0.000000150. The average molecular weight is 1620 g/mol. The van der Waals surface area contributed by atoms with Crippen molar-refractivity contribution in [3.8, 4) is 0 Å². The first-order chi connectivity index (χ1) is 54.9. The quantitative estimate of drug-likeness (QED) is 0.186. The minimum absolute atomic E-state index is 0.0320. The van der Waals surface area contributed by atoms with Crippen LogP contribution in [-0.2, 0) is 43.0 Å². The molecule has 16 aliphatic heterocycles. The second-order valence-corrected chi connectivity index (χ2v) is 37.9. The number of hydrogen-bond donors (Lipinski definition) is 0. The number of carbonyl (C=O) groups excluding carboxylic acids is 9. The smallest absolute Gasteiger partial charge is 0.410 e. The number of cyclic esters (lactones) is 2. The minimum Gasteiger partial charge on any atom is -0.447 e. The van der Waals surface area contributed by atoms with Crippen LogP contribution in [0.3, 0.4) is 0 Å².